The van der Waals surface area contributed by atoms with Gasteiger partial charge < -0.3 is 5.11 Å². The highest BCUT2D eigenvalue weighted by Gasteiger charge is 2.59. The second-order valence-electron chi connectivity index (χ2n) is 7.50. The predicted octanol–water partition coefficient (Wildman–Crippen LogP) is 3.89. The number of rotatable bonds is 3. The zero-order valence-electron chi connectivity index (χ0n) is 14.3. The van der Waals surface area contributed by atoms with Gasteiger partial charge in [0.25, 0.3) is 0 Å². The molecule has 0 heterocycles. The number of hydrogen-bond acceptors (Lipinski definition) is 3. The molecule has 0 unspecified atom stereocenters. The van der Waals surface area contributed by atoms with Crippen LogP contribution < -0.4 is 0 Å². The lowest BCUT2D eigenvalue weighted by Crippen LogP contribution is -2.54. The Kier molecular flexibility index (Phi) is 3.96. The van der Waals surface area contributed by atoms with Gasteiger partial charge in [-0.05, 0) is 43.2 Å². The van der Waals surface area contributed by atoms with Crippen molar-refractivity contribution in [2.24, 2.45) is 21.6 Å². The first-order valence-corrected chi connectivity index (χ1v) is 10.0. The Morgan fingerprint density at radius 2 is 2.04 bits per heavy atom. The zero-order chi connectivity index (χ0) is 16.9. The highest BCUT2D eigenvalue weighted by molar-refractivity contribution is 7.93. The molecule has 2 aliphatic carbocycles. The molecule has 3 rings (SSSR count). The van der Waals surface area contributed by atoms with E-state index in [1.807, 2.05) is 30.3 Å². The van der Waals surface area contributed by atoms with Crippen molar-refractivity contribution >= 4 is 9.73 Å². The lowest BCUT2D eigenvalue weighted by molar-refractivity contribution is -0.0641. The van der Waals surface area contributed by atoms with Gasteiger partial charge in [0.2, 0.25) is 0 Å². The molecule has 0 spiro atoms. The molecule has 126 valence electrons. The van der Waals surface area contributed by atoms with E-state index in [0.29, 0.717) is 23.2 Å². The molecule has 5 atom stereocenters. The molecule has 3 nitrogen and oxygen atoms in total. The van der Waals surface area contributed by atoms with Crippen molar-refractivity contribution in [3.8, 4) is 0 Å². The van der Waals surface area contributed by atoms with Gasteiger partial charge in [-0.2, -0.15) is 0 Å². The summed E-state index contributed by atoms with van der Waals surface area (Å²) in [6, 6.07) is 9.35. The Bertz CT molecular complexity index is 735. The fourth-order valence-corrected chi connectivity index (χ4v) is 6.85. The van der Waals surface area contributed by atoms with Gasteiger partial charge in [-0.3, -0.25) is 0 Å². The van der Waals surface area contributed by atoms with Crippen molar-refractivity contribution in [3.05, 3.63) is 42.5 Å². The highest BCUT2D eigenvalue weighted by atomic mass is 32.2. The van der Waals surface area contributed by atoms with E-state index in [1.54, 1.807) is 7.05 Å². The van der Waals surface area contributed by atoms with Crippen LogP contribution in [0.4, 0.5) is 0 Å². The van der Waals surface area contributed by atoms with Crippen LogP contribution >= 0.6 is 0 Å². The summed E-state index contributed by atoms with van der Waals surface area (Å²) in [5.41, 5.74) is -0.223. The molecule has 0 amide bonds. The molecule has 4 heteroatoms. The maximum Gasteiger partial charge on any atom is 0.0867 e. The summed E-state index contributed by atoms with van der Waals surface area (Å²) in [6.07, 6.45) is 2.67. The number of aliphatic hydroxyl groups is 1. The zero-order valence-corrected chi connectivity index (χ0v) is 15.1. The monoisotopic (exact) mass is 333 g/mol. The van der Waals surface area contributed by atoms with Crippen LogP contribution in [-0.2, 0) is 9.73 Å². The van der Waals surface area contributed by atoms with Crippen LogP contribution in [0.3, 0.4) is 0 Å². The first-order valence-electron chi connectivity index (χ1n) is 8.35. The van der Waals surface area contributed by atoms with E-state index in [-0.39, 0.29) is 11.2 Å². The Balaban J connectivity index is 2.04. The second-order valence-corrected chi connectivity index (χ2v) is 9.90. The van der Waals surface area contributed by atoms with Gasteiger partial charge in [-0.15, -0.1) is 0 Å². The molecule has 1 aromatic rings. The molecule has 2 saturated carbocycles. The van der Waals surface area contributed by atoms with Gasteiger partial charge in [0, 0.05) is 17.4 Å². The topological polar surface area (TPSA) is 49.7 Å². The molecular weight excluding hydrogens is 306 g/mol. The summed E-state index contributed by atoms with van der Waals surface area (Å²) < 4.78 is 17.7. The van der Waals surface area contributed by atoms with Crippen LogP contribution in [0.2, 0.25) is 0 Å². The third kappa shape index (κ3) is 2.38. The third-order valence-corrected chi connectivity index (χ3v) is 8.79. The average molecular weight is 333 g/mol. The number of benzene rings is 1. The number of nitrogens with zero attached hydrogens (tertiary/aromatic N) is 1. The molecule has 0 aromatic heterocycles. The van der Waals surface area contributed by atoms with Gasteiger partial charge in [0.05, 0.1) is 21.1 Å². The van der Waals surface area contributed by atoms with Crippen molar-refractivity contribution in [1.29, 1.82) is 0 Å². The highest BCUT2D eigenvalue weighted by Crippen LogP contribution is 2.61. The molecule has 23 heavy (non-hydrogen) atoms. The fourth-order valence-electron chi connectivity index (χ4n) is 4.68. The van der Waals surface area contributed by atoms with E-state index in [0.717, 1.165) is 18.4 Å². The van der Waals surface area contributed by atoms with Crippen LogP contribution in [0.1, 0.15) is 33.1 Å². The predicted molar refractivity (Wildman–Crippen MR) is 94.8 cm³/mol. The van der Waals surface area contributed by atoms with Crippen LogP contribution in [0, 0.1) is 17.3 Å². The molecule has 0 saturated heterocycles. The molecule has 2 bridgehead atoms. The standard InChI is InChI=1S/C19H27NO2S/c1-14-12-19(21,18(3)11-10-17(14)15(18)2)13-23(22,20-4)16-8-6-5-7-9-16/h5-9,14,17,21H,2,10-13H2,1,3-4H3/t14-,17-,18-,19+,23-/m0/s1. The van der Waals surface area contributed by atoms with Crippen molar-refractivity contribution in [3.63, 3.8) is 0 Å². The number of hydrogen-bond donors (Lipinski definition) is 1. The van der Waals surface area contributed by atoms with Crippen molar-refractivity contribution in [1.82, 2.24) is 0 Å². The second kappa shape index (κ2) is 5.45. The van der Waals surface area contributed by atoms with Gasteiger partial charge in [0.15, 0.2) is 0 Å². The summed E-state index contributed by atoms with van der Waals surface area (Å²) in [7, 11) is -1.04. The molecule has 2 fully saturated rings. The maximum atomic E-state index is 13.5. The lowest BCUT2D eigenvalue weighted by Gasteiger charge is -2.50. The quantitative estimate of drug-likeness (QED) is 0.853. The van der Waals surface area contributed by atoms with Crippen molar-refractivity contribution in [2.75, 3.05) is 12.8 Å². The number of fused-ring (bicyclic) bond motifs is 2. The Morgan fingerprint density at radius 1 is 1.39 bits per heavy atom. The Hall–Kier alpha value is -1.13. The van der Waals surface area contributed by atoms with E-state index >= 15 is 0 Å². The normalized spacial score (nSPS) is 39.0. The van der Waals surface area contributed by atoms with Gasteiger partial charge in [0.1, 0.15) is 0 Å². The Labute approximate surface area is 140 Å². The van der Waals surface area contributed by atoms with Gasteiger partial charge in [-0.1, -0.05) is 44.2 Å². The van der Waals surface area contributed by atoms with Crippen LogP contribution in [0.15, 0.2) is 51.7 Å². The third-order valence-electron chi connectivity index (χ3n) is 6.33. The van der Waals surface area contributed by atoms with Crippen LogP contribution in [0.5, 0.6) is 0 Å². The SMILES string of the molecule is C=C1[C@H]2CC[C@]1(C)[C@](O)(C[S@@](=O)(=NC)c1ccccc1)C[C@@H]2C. The maximum absolute atomic E-state index is 13.5. The first-order chi connectivity index (χ1) is 10.8. The summed E-state index contributed by atoms with van der Waals surface area (Å²) in [5, 5.41) is 11.6. The molecule has 0 aliphatic heterocycles. The lowest BCUT2D eigenvalue weighted by atomic mass is 9.61. The van der Waals surface area contributed by atoms with E-state index in [4.69, 9.17) is 0 Å². The summed E-state index contributed by atoms with van der Waals surface area (Å²) >= 11 is 0. The smallest absolute Gasteiger partial charge is 0.0867 e. The summed E-state index contributed by atoms with van der Waals surface area (Å²) in [4.78, 5) is 0.706. The minimum atomic E-state index is -2.64. The summed E-state index contributed by atoms with van der Waals surface area (Å²) in [6.45, 7) is 8.58. The van der Waals surface area contributed by atoms with Gasteiger partial charge >= 0.3 is 0 Å². The van der Waals surface area contributed by atoms with Crippen molar-refractivity contribution < 1.29 is 9.32 Å². The average Bonchev–Trinajstić information content (AvgIpc) is 2.80. The van der Waals surface area contributed by atoms with E-state index in [1.165, 1.54) is 0 Å². The van der Waals surface area contributed by atoms with E-state index < -0.39 is 15.3 Å². The molecule has 1 N–H and O–H groups in total. The first kappa shape index (κ1) is 16.7. The molecular formula is C19H27NO2S. The van der Waals surface area contributed by atoms with Crippen LogP contribution in [0.25, 0.3) is 0 Å². The minimum absolute atomic E-state index is 0.188. The van der Waals surface area contributed by atoms with Crippen LogP contribution in [-0.4, -0.2) is 27.7 Å². The van der Waals surface area contributed by atoms with Crippen molar-refractivity contribution in [2.45, 2.75) is 43.6 Å². The van der Waals surface area contributed by atoms with Gasteiger partial charge in [-0.25, -0.2) is 8.57 Å². The Morgan fingerprint density at radius 3 is 2.65 bits per heavy atom. The van der Waals surface area contributed by atoms with E-state index in [2.05, 4.69) is 24.8 Å². The largest absolute Gasteiger partial charge is 0.388 e. The molecule has 2 aliphatic rings. The molecule has 0 radical (unpaired) electrons. The fraction of sp³-hybridized carbons (Fsp3) is 0.579. The van der Waals surface area contributed by atoms with E-state index in [9.17, 15) is 9.32 Å². The summed E-state index contributed by atoms with van der Waals surface area (Å²) in [5.74, 6) is 1.05. The molecule has 1 aromatic carbocycles. The minimum Gasteiger partial charge on any atom is -0.388 e.